The molecule has 1 saturated heterocycles. The molecule has 0 spiro atoms. The van der Waals surface area contributed by atoms with E-state index in [1.54, 1.807) is 18.2 Å². The third-order valence-electron chi connectivity index (χ3n) is 4.49. The molecule has 0 bridgehead atoms. The average molecular weight is 353 g/mol. The zero-order chi connectivity index (χ0) is 18.0. The van der Waals surface area contributed by atoms with E-state index in [9.17, 15) is 13.2 Å². The lowest BCUT2D eigenvalue weighted by molar-refractivity contribution is -0.136. The molecule has 1 aromatic carbocycles. The predicted octanol–water partition coefficient (Wildman–Crippen LogP) is 3.44. The third-order valence-corrected chi connectivity index (χ3v) is 4.49. The molecule has 3 rings (SSSR count). The van der Waals surface area contributed by atoms with E-state index < -0.39 is 11.7 Å². The van der Waals surface area contributed by atoms with E-state index in [2.05, 4.69) is 16.8 Å². The summed E-state index contributed by atoms with van der Waals surface area (Å²) in [5, 5.41) is 0.518. The predicted molar refractivity (Wildman–Crippen MR) is 91.5 cm³/mol. The summed E-state index contributed by atoms with van der Waals surface area (Å²) in [5.74, 6) is 0.380. The molecule has 2 aromatic rings. The lowest BCUT2D eigenvalue weighted by atomic mass is 9.96. The van der Waals surface area contributed by atoms with Crippen molar-refractivity contribution in [3.05, 3.63) is 36.0 Å². The first-order chi connectivity index (χ1) is 11.9. The van der Waals surface area contributed by atoms with Crippen LogP contribution in [0.25, 0.3) is 10.9 Å². The van der Waals surface area contributed by atoms with Crippen LogP contribution in [0.2, 0.25) is 0 Å². The molecule has 0 radical (unpaired) electrons. The number of benzene rings is 1. The van der Waals surface area contributed by atoms with Crippen LogP contribution in [-0.2, 0) is 10.9 Å². The summed E-state index contributed by atoms with van der Waals surface area (Å²) in [6, 6.07) is 6.04. The molecule has 0 saturated carbocycles. The first-order valence-corrected chi connectivity index (χ1v) is 8.41. The van der Waals surface area contributed by atoms with Crippen LogP contribution in [0.5, 0.6) is 0 Å². The Morgan fingerprint density at radius 3 is 2.80 bits per heavy atom. The molecular formula is C18H22F3N3O. The summed E-state index contributed by atoms with van der Waals surface area (Å²) in [4.78, 5) is 6.09. The molecule has 2 atom stereocenters. The van der Waals surface area contributed by atoms with Gasteiger partial charge in [-0.15, -0.1) is 0 Å². The second-order valence-corrected chi connectivity index (χ2v) is 6.56. The van der Waals surface area contributed by atoms with Gasteiger partial charge in [-0.05, 0) is 36.6 Å². The fraction of sp³-hybridized carbons (Fsp3) is 0.500. The van der Waals surface area contributed by atoms with Crippen molar-refractivity contribution >= 4 is 16.6 Å². The van der Waals surface area contributed by atoms with Gasteiger partial charge in [0.1, 0.15) is 0 Å². The van der Waals surface area contributed by atoms with Gasteiger partial charge in [0.15, 0.2) is 0 Å². The van der Waals surface area contributed by atoms with Gasteiger partial charge >= 0.3 is 6.18 Å². The number of ether oxygens (including phenoxy) is 1. The topological polar surface area (TPSA) is 51.4 Å². The molecule has 1 aliphatic heterocycles. The molecule has 4 nitrogen and oxygen atoms in total. The number of hydrogen-bond acceptors (Lipinski definition) is 4. The third kappa shape index (κ3) is 3.88. The molecule has 136 valence electrons. The molecule has 1 fully saturated rings. The number of nitrogens with two attached hydrogens (primary N) is 1. The van der Waals surface area contributed by atoms with Crippen molar-refractivity contribution < 1.29 is 17.9 Å². The van der Waals surface area contributed by atoms with Crippen LogP contribution < -0.4 is 10.6 Å². The van der Waals surface area contributed by atoms with Crippen LogP contribution in [0, 0.1) is 5.92 Å². The van der Waals surface area contributed by atoms with E-state index in [0.29, 0.717) is 31.0 Å². The molecule has 25 heavy (non-hydrogen) atoms. The number of hydrogen-bond donors (Lipinski definition) is 1. The standard InChI is InChI=1S/C18H22F3N3O/c1-12-9-13(25-8-6-22)11-24(10-12)16-5-4-15(18(19,20)21)17-14(16)3-2-7-23-17/h2-5,7,12-13H,6,8-11,22H2,1H3/t12-,13+/m1/s1. The number of halogens is 3. The Kier molecular flexibility index (Phi) is 5.15. The van der Waals surface area contributed by atoms with E-state index in [0.717, 1.165) is 24.7 Å². The summed E-state index contributed by atoms with van der Waals surface area (Å²) in [5.41, 5.74) is 5.56. The quantitative estimate of drug-likeness (QED) is 0.915. The van der Waals surface area contributed by atoms with Crippen molar-refractivity contribution in [3.8, 4) is 0 Å². The summed E-state index contributed by atoms with van der Waals surface area (Å²) >= 11 is 0. The lowest BCUT2D eigenvalue weighted by Crippen LogP contribution is -2.44. The van der Waals surface area contributed by atoms with Crippen LogP contribution >= 0.6 is 0 Å². The normalized spacial score (nSPS) is 21.7. The lowest BCUT2D eigenvalue weighted by Gasteiger charge is -2.38. The number of aromatic nitrogens is 1. The highest BCUT2D eigenvalue weighted by molar-refractivity contribution is 5.94. The van der Waals surface area contributed by atoms with Gasteiger partial charge in [0.05, 0.1) is 23.8 Å². The molecule has 0 unspecified atom stereocenters. The van der Waals surface area contributed by atoms with Crippen LogP contribution in [-0.4, -0.2) is 37.3 Å². The summed E-state index contributed by atoms with van der Waals surface area (Å²) < 4.78 is 45.6. The zero-order valence-corrected chi connectivity index (χ0v) is 14.1. The van der Waals surface area contributed by atoms with E-state index in [-0.39, 0.29) is 11.6 Å². The summed E-state index contributed by atoms with van der Waals surface area (Å²) in [6.07, 6.45) is -2.07. The van der Waals surface area contributed by atoms with Gasteiger partial charge in [-0.3, -0.25) is 4.98 Å². The van der Waals surface area contributed by atoms with Gasteiger partial charge in [0.2, 0.25) is 0 Å². The van der Waals surface area contributed by atoms with Crippen LogP contribution in [0.3, 0.4) is 0 Å². The Morgan fingerprint density at radius 1 is 1.28 bits per heavy atom. The van der Waals surface area contributed by atoms with Gasteiger partial charge < -0.3 is 15.4 Å². The first kappa shape index (κ1) is 17.9. The monoisotopic (exact) mass is 353 g/mol. The maximum atomic E-state index is 13.3. The minimum Gasteiger partial charge on any atom is -0.375 e. The zero-order valence-electron chi connectivity index (χ0n) is 14.1. The second kappa shape index (κ2) is 7.17. The van der Waals surface area contributed by atoms with Crippen LogP contribution in [0.15, 0.2) is 30.5 Å². The van der Waals surface area contributed by atoms with Crippen LogP contribution in [0.1, 0.15) is 18.9 Å². The van der Waals surface area contributed by atoms with Gasteiger partial charge in [-0.1, -0.05) is 6.92 Å². The number of fused-ring (bicyclic) bond motifs is 1. The Morgan fingerprint density at radius 2 is 2.08 bits per heavy atom. The second-order valence-electron chi connectivity index (χ2n) is 6.56. The van der Waals surface area contributed by atoms with Crippen molar-refractivity contribution in [1.82, 2.24) is 4.98 Å². The van der Waals surface area contributed by atoms with E-state index in [4.69, 9.17) is 10.5 Å². The maximum absolute atomic E-state index is 13.3. The fourth-order valence-electron chi connectivity index (χ4n) is 3.51. The van der Waals surface area contributed by atoms with Crippen LogP contribution in [0.4, 0.5) is 18.9 Å². The van der Waals surface area contributed by atoms with Crippen molar-refractivity contribution in [2.24, 2.45) is 11.7 Å². The van der Waals surface area contributed by atoms with E-state index in [1.165, 1.54) is 6.20 Å². The minimum atomic E-state index is -4.42. The number of nitrogens with zero attached hydrogens (tertiary/aromatic N) is 2. The van der Waals surface area contributed by atoms with Crippen molar-refractivity contribution in [2.45, 2.75) is 25.6 Å². The van der Waals surface area contributed by atoms with Gasteiger partial charge in [-0.2, -0.15) is 13.2 Å². The van der Waals surface area contributed by atoms with Gasteiger partial charge in [0, 0.05) is 36.9 Å². The maximum Gasteiger partial charge on any atom is 0.418 e. The van der Waals surface area contributed by atoms with Crippen molar-refractivity contribution in [3.63, 3.8) is 0 Å². The molecule has 1 aromatic heterocycles. The molecule has 7 heteroatoms. The van der Waals surface area contributed by atoms with Crippen molar-refractivity contribution in [2.75, 3.05) is 31.1 Å². The SMILES string of the molecule is C[C@@H]1C[C@H](OCCN)CN(c2ccc(C(F)(F)F)c3ncccc23)C1. The molecular weight excluding hydrogens is 331 g/mol. The minimum absolute atomic E-state index is 0.00912. The average Bonchev–Trinajstić information content (AvgIpc) is 2.57. The fourth-order valence-corrected chi connectivity index (χ4v) is 3.51. The number of piperidine rings is 1. The number of anilines is 1. The molecule has 0 amide bonds. The largest absolute Gasteiger partial charge is 0.418 e. The van der Waals surface area contributed by atoms with E-state index >= 15 is 0 Å². The number of rotatable bonds is 4. The highest BCUT2D eigenvalue weighted by atomic mass is 19.4. The molecule has 0 aliphatic carbocycles. The highest BCUT2D eigenvalue weighted by Crippen LogP contribution is 2.38. The Bertz CT molecular complexity index is 735. The smallest absolute Gasteiger partial charge is 0.375 e. The number of pyridine rings is 1. The molecule has 2 N–H and O–H groups in total. The van der Waals surface area contributed by atoms with Gasteiger partial charge in [-0.25, -0.2) is 0 Å². The van der Waals surface area contributed by atoms with Gasteiger partial charge in [0.25, 0.3) is 0 Å². The summed E-state index contributed by atoms with van der Waals surface area (Å²) in [6.45, 7) is 4.48. The first-order valence-electron chi connectivity index (χ1n) is 8.41. The Hall–Kier alpha value is -1.86. The Labute approximate surface area is 144 Å². The summed E-state index contributed by atoms with van der Waals surface area (Å²) in [7, 11) is 0. The Balaban J connectivity index is 1.98. The molecule has 1 aliphatic rings. The number of alkyl halides is 3. The van der Waals surface area contributed by atoms with E-state index in [1.807, 2.05) is 0 Å². The molecule has 2 heterocycles. The highest BCUT2D eigenvalue weighted by Gasteiger charge is 2.34. The van der Waals surface area contributed by atoms with Crippen molar-refractivity contribution in [1.29, 1.82) is 0 Å².